The molecule has 1 N–H and O–H groups in total. The van der Waals surface area contributed by atoms with Gasteiger partial charge in [0.05, 0.1) is 6.54 Å². The van der Waals surface area contributed by atoms with Crippen LogP contribution in [0.15, 0.2) is 47.3 Å². The summed E-state index contributed by atoms with van der Waals surface area (Å²) in [6.45, 7) is 5.98. The molecule has 0 aliphatic carbocycles. The Morgan fingerprint density at radius 3 is 2.58 bits per heavy atom. The van der Waals surface area contributed by atoms with Crippen LogP contribution in [0, 0.1) is 6.92 Å². The largest absolute Gasteiger partial charge is 0.349 e. The van der Waals surface area contributed by atoms with Gasteiger partial charge in [0.25, 0.3) is 11.5 Å². The molecule has 24 heavy (non-hydrogen) atoms. The first-order valence-corrected chi connectivity index (χ1v) is 7.90. The Balaban J connectivity index is 2.18. The fourth-order valence-electron chi connectivity index (χ4n) is 2.68. The molecule has 0 spiro atoms. The number of carbonyl (C=O) groups excluding carboxylic acids is 1. The zero-order chi connectivity index (χ0) is 17.3. The summed E-state index contributed by atoms with van der Waals surface area (Å²) >= 11 is 0. The van der Waals surface area contributed by atoms with E-state index < -0.39 is 0 Å². The van der Waals surface area contributed by atoms with Gasteiger partial charge < -0.3 is 5.32 Å². The molecule has 0 atom stereocenters. The maximum atomic E-state index is 12.6. The van der Waals surface area contributed by atoms with E-state index in [4.69, 9.17) is 0 Å². The maximum absolute atomic E-state index is 12.6. The van der Waals surface area contributed by atoms with Crippen molar-refractivity contribution in [1.29, 1.82) is 0 Å². The molecule has 3 rings (SSSR count). The zero-order valence-corrected chi connectivity index (χ0v) is 14.0. The fraction of sp³-hybridized carbons (Fsp3) is 0.278. The lowest BCUT2D eigenvalue weighted by Gasteiger charge is -2.12. The van der Waals surface area contributed by atoms with Gasteiger partial charge in [-0.1, -0.05) is 30.3 Å². The summed E-state index contributed by atoms with van der Waals surface area (Å²) < 4.78 is 3.13. The van der Waals surface area contributed by atoms with Gasteiger partial charge >= 0.3 is 0 Å². The molecule has 3 aromatic rings. The number of aromatic nitrogens is 3. The normalized spacial score (nSPS) is 11.2. The molecule has 6 nitrogen and oxygen atoms in total. The summed E-state index contributed by atoms with van der Waals surface area (Å²) in [7, 11) is 0. The first kappa shape index (κ1) is 16.0. The molecule has 0 aliphatic rings. The molecule has 2 aromatic heterocycles. The molecule has 0 bridgehead atoms. The van der Waals surface area contributed by atoms with Crippen molar-refractivity contribution in [3.8, 4) is 0 Å². The third-order valence-corrected chi connectivity index (χ3v) is 3.66. The van der Waals surface area contributed by atoms with E-state index in [0.29, 0.717) is 23.6 Å². The van der Waals surface area contributed by atoms with Crippen LogP contribution >= 0.6 is 0 Å². The Kier molecular flexibility index (Phi) is 4.20. The molecule has 1 aromatic carbocycles. The van der Waals surface area contributed by atoms with Crippen LogP contribution in [0.1, 0.15) is 35.6 Å². The van der Waals surface area contributed by atoms with E-state index in [1.165, 1.54) is 10.6 Å². The second-order valence-corrected chi connectivity index (χ2v) is 6.11. The lowest BCUT2D eigenvalue weighted by molar-refractivity contribution is 0.0932. The van der Waals surface area contributed by atoms with Crippen LogP contribution in [0.4, 0.5) is 0 Å². The number of nitrogens with one attached hydrogen (secondary N) is 1. The average Bonchev–Trinajstić information content (AvgIpc) is 2.86. The topological polar surface area (TPSA) is 68.4 Å². The quantitative estimate of drug-likeness (QED) is 0.798. The number of amides is 1. The lowest BCUT2D eigenvalue weighted by atomic mass is 10.2. The molecule has 0 fully saturated rings. The SMILES string of the molecule is Cc1cc(=O)n2c(cc(C(=O)NC(C)C)n2Cc2ccccc2)n1. The van der Waals surface area contributed by atoms with Crippen molar-refractivity contribution in [2.45, 2.75) is 33.4 Å². The third kappa shape index (κ3) is 3.08. The summed E-state index contributed by atoms with van der Waals surface area (Å²) in [5.41, 5.74) is 2.33. The van der Waals surface area contributed by atoms with Gasteiger partial charge in [-0.05, 0) is 26.3 Å². The summed E-state index contributed by atoms with van der Waals surface area (Å²) in [6.07, 6.45) is 0. The van der Waals surface area contributed by atoms with E-state index in [1.807, 2.05) is 44.2 Å². The second-order valence-electron chi connectivity index (χ2n) is 6.11. The minimum atomic E-state index is -0.219. The van der Waals surface area contributed by atoms with E-state index in [-0.39, 0.29) is 17.5 Å². The third-order valence-electron chi connectivity index (χ3n) is 3.66. The zero-order valence-electron chi connectivity index (χ0n) is 14.0. The van der Waals surface area contributed by atoms with Gasteiger partial charge in [-0.3, -0.25) is 14.3 Å². The van der Waals surface area contributed by atoms with Crippen molar-refractivity contribution in [3.05, 3.63) is 69.8 Å². The number of aryl methyl sites for hydroxylation is 1. The van der Waals surface area contributed by atoms with Crippen LogP contribution in [0.3, 0.4) is 0 Å². The van der Waals surface area contributed by atoms with Crippen LogP contribution in [-0.2, 0) is 6.54 Å². The Morgan fingerprint density at radius 2 is 1.92 bits per heavy atom. The fourth-order valence-corrected chi connectivity index (χ4v) is 2.68. The first-order valence-electron chi connectivity index (χ1n) is 7.90. The molecule has 2 heterocycles. The number of benzene rings is 1. The summed E-state index contributed by atoms with van der Waals surface area (Å²) in [4.78, 5) is 29.4. The van der Waals surface area contributed by atoms with Gasteiger partial charge in [-0.15, -0.1) is 0 Å². The summed E-state index contributed by atoms with van der Waals surface area (Å²) in [5.74, 6) is -0.219. The molecular weight excluding hydrogens is 304 g/mol. The smallest absolute Gasteiger partial charge is 0.273 e. The summed E-state index contributed by atoms with van der Waals surface area (Å²) in [6, 6.07) is 12.9. The van der Waals surface area contributed by atoms with Gasteiger partial charge in [0.15, 0.2) is 5.65 Å². The number of hydrogen-bond acceptors (Lipinski definition) is 3. The Morgan fingerprint density at radius 1 is 1.21 bits per heavy atom. The molecule has 1 amide bonds. The highest BCUT2D eigenvalue weighted by Gasteiger charge is 2.18. The Bertz CT molecular complexity index is 939. The number of carbonyl (C=O) groups is 1. The van der Waals surface area contributed by atoms with E-state index in [2.05, 4.69) is 10.3 Å². The molecule has 0 saturated carbocycles. The van der Waals surface area contributed by atoms with Crippen molar-refractivity contribution in [2.75, 3.05) is 0 Å². The van der Waals surface area contributed by atoms with E-state index >= 15 is 0 Å². The van der Waals surface area contributed by atoms with Crippen molar-refractivity contribution in [2.24, 2.45) is 0 Å². The first-order chi connectivity index (χ1) is 11.5. The Hall–Kier alpha value is -2.89. The van der Waals surface area contributed by atoms with Crippen molar-refractivity contribution in [3.63, 3.8) is 0 Å². The minimum absolute atomic E-state index is 0.00658. The van der Waals surface area contributed by atoms with E-state index in [9.17, 15) is 9.59 Å². The summed E-state index contributed by atoms with van der Waals surface area (Å²) in [5, 5.41) is 2.88. The standard InChI is InChI=1S/C18H20N4O2/c1-12(2)19-18(24)15-10-16-20-13(3)9-17(23)22(16)21(15)11-14-7-5-4-6-8-14/h4-10,12H,11H2,1-3H3,(H,19,24). The van der Waals surface area contributed by atoms with Gasteiger partial charge in [0, 0.05) is 23.9 Å². The minimum Gasteiger partial charge on any atom is -0.349 e. The molecular formula is C18H20N4O2. The Labute approximate surface area is 139 Å². The number of rotatable bonds is 4. The van der Waals surface area contributed by atoms with Gasteiger partial charge in [-0.25, -0.2) is 4.98 Å². The van der Waals surface area contributed by atoms with E-state index in [0.717, 1.165) is 5.56 Å². The number of hydrogen-bond donors (Lipinski definition) is 1. The van der Waals surface area contributed by atoms with E-state index in [1.54, 1.807) is 17.7 Å². The predicted octanol–water partition coefficient (Wildman–Crippen LogP) is 1.99. The van der Waals surface area contributed by atoms with Gasteiger partial charge in [-0.2, -0.15) is 4.52 Å². The molecule has 0 radical (unpaired) electrons. The molecule has 124 valence electrons. The monoisotopic (exact) mass is 324 g/mol. The highest BCUT2D eigenvalue weighted by atomic mass is 16.2. The highest BCUT2D eigenvalue weighted by Crippen LogP contribution is 2.11. The van der Waals surface area contributed by atoms with Crippen molar-refractivity contribution < 1.29 is 4.79 Å². The number of nitrogens with zero attached hydrogens (tertiary/aromatic N) is 3. The average molecular weight is 324 g/mol. The van der Waals surface area contributed by atoms with Crippen LogP contribution in [0.2, 0.25) is 0 Å². The maximum Gasteiger partial charge on any atom is 0.273 e. The highest BCUT2D eigenvalue weighted by molar-refractivity contribution is 5.93. The lowest BCUT2D eigenvalue weighted by Crippen LogP contribution is -2.33. The molecule has 0 saturated heterocycles. The van der Waals surface area contributed by atoms with Crippen molar-refractivity contribution in [1.82, 2.24) is 19.5 Å². The van der Waals surface area contributed by atoms with Crippen LogP contribution in [0.25, 0.3) is 5.65 Å². The van der Waals surface area contributed by atoms with Gasteiger partial charge in [0.2, 0.25) is 0 Å². The number of fused-ring (bicyclic) bond motifs is 1. The van der Waals surface area contributed by atoms with Crippen LogP contribution in [-0.4, -0.2) is 26.1 Å². The molecule has 0 unspecified atom stereocenters. The van der Waals surface area contributed by atoms with Crippen LogP contribution in [0.5, 0.6) is 0 Å². The predicted molar refractivity (Wildman–Crippen MR) is 92.3 cm³/mol. The molecule has 0 aliphatic heterocycles. The van der Waals surface area contributed by atoms with Gasteiger partial charge in [0.1, 0.15) is 5.69 Å². The van der Waals surface area contributed by atoms with Crippen molar-refractivity contribution >= 4 is 11.6 Å². The molecule has 6 heteroatoms. The van der Waals surface area contributed by atoms with Crippen LogP contribution < -0.4 is 10.9 Å². The second kappa shape index (κ2) is 6.31.